The minimum atomic E-state index is 0.0695. The van der Waals surface area contributed by atoms with Gasteiger partial charge >= 0.3 is 0 Å². The Morgan fingerprint density at radius 3 is 2.78 bits per heavy atom. The van der Waals surface area contributed by atoms with Crippen LogP contribution >= 0.6 is 0 Å². The highest BCUT2D eigenvalue weighted by Gasteiger charge is 2.28. The Morgan fingerprint density at radius 2 is 2.07 bits per heavy atom. The second-order valence-electron chi connectivity index (χ2n) is 7.40. The van der Waals surface area contributed by atoms with Crippen LogP contribution in [-0.2, 0) is 4.79 Å². The molecule has 3 heterocycles. The largest absolute Gasteiger partial charge is 0.367 e. The lowest BCUT2D eigenvalue weighted by molar-refractivity contribution is -0.124. The summed E-state index contributed by atoms with van der Waals surface area (Å²) in [5, 5.41) is 15.6. The normalized spacial score (nSPS) is 22.9. The van der Waals surface area contributed by atoms with Crippen molar-refractivity contribution in [3.8, 4) is 6.07 Å². The highest BCUT2D eigenvalue weighted by atomic mass is 16.2. The van der Waals surface area contributed by atoms with Crippen LogP contribution in [0.2, 0.25) is 0 Å². The molecule has 1 amide bonds. The number of nitrogens with one attached hydrogen (secondary N) is 2. The van der Waals surface area contributed by atoms with Gasteiger partial charge in [-0.05, 0) is 24.5 Å². The van der Waals surface area contributed by atoms with Crippen molar-refractivity contribution < 1.29 is 4.79 Å². The molecule has 2 saturated heterocycles. The average Bonchev–Trinajstić information content (AvgIpc) is 2.63. The number of carbonyl (C=O) groups excluding carboxylic acids is 1. The fourth-order valence-corrected chi connectivity index (χ4v) is 3.90. The van der Waals surface area contributed by atoms with Gasteiger partial charge in [-0.1, -0.05) is 6.92 Å². The topological polar surface area (TPSA) is 97.2 Å². The Bertz CT molecular complexity index is 889. The van der Waals surface area contributed by atoms with Gasteiger partial charge in [0.25, 0.3) is 0 Å². The van der Waals surface area contributed by atoms with E-state index in [9.17, 15) is 10.1 Å². The summed E-state index contributed by atoms with van der Waals surface area (Å²) in [5.74, 6) is 0.511. The third kappa shape index (κ3) is 3.70. The van der Waals surface area contributed by atoms with Gasteiger partial charge in [-0.3, -0.25) is 25.0 Å². The van der Waals surface area contributed by atoms with Gasteiger partial charge in [-0.2, -0.15) is 5.26 Å². The average molecular weight is 365 g/mol. The predicted octanol–water partition coefficient (Wildman–Crippen LogP) is 0.653. The van der Waals surface area contributed by atoms with Crippen LogP contribution in [0.25, 0.3) is 11.0 Å². The Labute approximate surface area is 158 Å². The summed E-state index contributed by atoms with van der Waals surface area (Å²) in [6, 6.07) is 6.02. The summed E-state index contributed by atoms with van der Waals surface area (Å²) in [7, 11) is 0. The van der Waals surface area contributed by atoms with E-state index in [0.29, 0.717) is 23.5 Å². The van der Waals surface area contributed by atoms with Crippen LogP contribution < -0.4 is 15.5 Å². The molecule has 8 nitrogen and oxygen atoms in total. The van der Waals surface area contributed by atoms with Crippen molar-refractivity contribution in [2.45, 2.75) is 19.4 Å². The number of aromatic nitrogens is 2. The van der Waals surface area contributed by atoms with Gasteiger partial charge in [0.15, 0.2) is 0 Å². The first-order valence-corrected chi connectivity index (χ1v) is 9.25. The number of nitriles is 1. The second-order valence-corrected chi connectivity index (χ2v) is 7.40. The van der Waals surface area contributed by atoms with E-state index in [-0.39, 0.29) is 11.9 Å². The minimum Gasteiger partial charge on any atom is -0.367 e. The van der Waals surface area contributed by atoms with Crippen LogP contribution in [0.1, 0.15) is 18.9 Å². The first-order chi connectivity index (χ1) is 13.1. The Kier molecular flexibility index (Phi) is 4.88. The number of benzene rings is 1. The molecular weight excluding hydrogens is 342 g/mol. The van der Waals surface area contributed by atoms with Crippen LogP contribution in [0.15, 0.2) is 24.5 Å². The maximum absolute atomic E-state index is 12.3. The van der Waals surface area contributed by atoms with Crippen LogP contribution in [0.5, 0.6) is 0 Å². The van der Waals surface area contributed by atoms with Crippen molar-refractivity contribution in [1.82, 2.24) is 25.5 Å². The molecular formula is C19H23N7O. The molecule has 1 aromatic heterocycles. The molecule has 0 spiro atoms. The van der Waals surface area contributed by atoms with Crippen LogP contribution in [0, 0.1) is 17.2 Å². The van der Waals surface area contributed by atoms with Gasteiger partial charge in [0, 0.05) is 31.5 Å². The summed E-state index contributed by atoms with van der Waals surface area (Å²) < 4.78 is 0. The molecule has 0 bridgehead atoms. The number of hydrogen-bond acceptors (Lipinski definition) is 7. The maximum atomic E-state index is 12.3. The Morgan fingerprint density at radius 1 is 1.30 bits per heavy atom. The minimum absolute atomic E-state index is 0.0695. The van der Waals surface area contributed by atoms with Crippen molar-refractivity contribution in [2.75, 3.05) is 37.9 Å². The monoisotopic (exact) mass is 365 g/mol. The molecule has 2 aliphatic rings. The van der Waals surface area contributed by atoms with E-state index < -0.39 is 0 Å². The standard InChI is InChI=1S/C19H23N7O/c1-13-6-15(24-17(27)10-25-11-21-12-25)9-26(8-13)16-3-2-14(7-20)18-19(16)23-5-4-22-18/h2-5,13,15,21H,6,8-12H2,1H3,(H,24,27)/t13-,15+/m0/s1. The Hall–Kier alpha value is -2.76. The van der Waals surface area contributed by atoms with Gasteiger partial charge in [-0.25, -0.2) is 0 Å². The van der Waals surface area contributed by atoms with Gasteiger partial charge in [0.2, 0.25) is 5.91 Å². The van der Waals surface area contributed by atoms with E-state index in [2.05, 4.69) is 43.4 Å². The number of rotatable bonds is 4. The summed E-state index contributed by atoms with van der Waals surface area (Å²) in [6.45, 7) is 5.80. The van der Waals surface area contributed by atoms with Gasteiger partial charge in [0.05, 0.1) is 31.1 Å². The molecule has 2 fully saturated rings. The molecule has 4 rings (SSSR count). The summed E-state index contributed by atoms with van der Waals surface area (Å²) in [4.78, 5) is 25.4. The molecule has 0 aliphatic carbocycles. The van der Waals surface area contributed by atoms with Crippen molar-refractivity contribution in [1.29, 1.82) is 5.26 Å². The van der Waals surface area contributed by atoms with E-state index in [4.69, 9.17) is 0 Å². The maximum Gasteiger partial charge on any atom is 0.234 e. The number of anilines is 1. The molecule has 140 valence electrons. The fourth-order valence-electron chi connectivity index (χ4n) is 3.90. The lowest BCUT2D eigenvalue weighted by Crippen LogP contribution is -2.57. The smallest absolute Gasteiger partial charge is 0.234 e. The molecule has 8 heteroatoms. The number of piperidine rings is 1. The molecule has 2 aromatic rings. The third-order valence-electron chi connectivity index (χ3n) is 5.13. The molecule has 0 radical (unpaired) electrons. The highest BCUT2D eigenvalue weighted by molar-refractivity contribution is 5.92. The predicted molar refractivity (Wildman–Crippen MR) is 102 cm³/mol. The summed E-state index contributed by atoms with van der Waals surface area (Å²) >= 11 is 0. The van der Waals surface area contributed by atoms with Crippen LogP contribution in [-0.4, -0.2) is 59.8 Å². The molecule has 2 atom stereocenters. The van der Waals surface area contributed by atoms with Crippen molar-refractivity contribution in [3.05, 3.63) is 30.1 Å². The number of carbonyl (C=O) groups is 1. The lowest BCUT2D eigenvalue weighted by atomic mass is 9.95. The lowest BCUT2D eigenvalue weighted by Gasteiger charge is -2.39. The summed E-state index contributed by atoms with van der Waals surface area (Å²) in [6.07, 6.45) is 4.22. The van der Waals surface area contributed by atoms with E-state index in [1.54, 1.807) is 18.5 Å². The number of nitrogens with zero attached hydrogens (tertiary/aromatic N) is 5. The van der Waals surface area contributed by atoms with E-state index in [1.165, 1.54) is 0 Å². The fraction of sp³-hybridized carbons (Fsp3) is 0.474. The van der Waals surface area contributed by atoms with Gasteiger partial charge in [0.1, 0.15) is 17.1 Å². The second kappa shape index (κ2) is 7.47. The highest BCUT2D eigenvalue weighted by Crippen LogP contribution is 2.30. The quantitative estimate of drug-likeness (QED) is 0.821. The van der Waals surface area contributed by atoms with Crippen molar-refractivity contribution in [2.24, 2.45) is 5.92 Å². The molecule has 1 aromatic carbocycles. The van der Waals surface area contributed by atoms with Gasteiger partial charge in [-0.15, -0.1) is 0 Å². The zero-order chi connectivity index (χ0) is 18.8. The molecule has 2 N–H and O–H groups in total. The third-order valence-corrected chi connectivity index (χ3v) is 5.13. The number of hydrogen-bond donors (Lipinski definition) is 2. The molecule has 0 unspecified atom stereocenters. The van der Waals surface area contributed by atoms with Crippen molar-refractivity contribution in [3.63, 3.8) is 0 Å². The molecule has 27 heavy (non-hydrogen) atoms. The molecule has 0 saturated carbocycles. The van der Waals surface area contributed by atoms with Crippen LogP contribution in [0.3, 0.4) is 0 Å². The van der Waals surface area contributed by atoms with E-state index in [0.717, 1.165) is 44.1 Å². The van der Waals surface area contributed by atoms with Gasteiger partial charge < -0.3 is 10.2 Å². The Balaban J connectivity index is 1.54. The zero-order valence-corrected chi connectivity index (χ0v) is 15.4. The number of amides is 1. The van der Waals surface area contributed by atoms with E-state index >= 15 is 0 Å². The zero-order valence-electron chi connectivity index (χ0n) is 15.4. The number of fused-ring (bicyclic) bond motifs is 1. The van der Waals surface area contributed by atoms with Crippen molar-refractivity contribution >= 4 is 22.6 Å². The first-order valence-electron chi connectivity index (χ1n) is 9.25. The molecule has 2 aliphatic heterocycles. The summed E-state index contributed by atoms with van der Waals surface area (Å²) in [5.41, 5.74) is 2.86. The van der Waals surface area contributed by atoms with Crippen LogP contribution in [0.4, 0.5) is 5.69 Å². The SMILES string of the molecule is C[C@H]1C[C@@H](NC(=O)CN2CNC2)CN(c2ccc(C#N)c3nccnc23)C1. The van der Waals surface area contributed by atoms with E-state index in [1.807, 2.05) is 6.07 Å². The first kappa shape index (κ1) is 17.6.